The van der Waals surface area contributed by atoms with Gasteiger partial charge < -0.3 is 5.32 Å². The van der Waals surface area contributed by atoms with Gasteiger partial charge in [0.25, 0.3) is 0 Å². The van der Waals surface area contributed by atoms with Gasteiger partial charge in [0.05, 0.1) is 0 Å². The minimum atomic E-state index is 0.447. The Morgan fingerprint density at radius 3 is 2.67 bits per heavy atom. The lowest BCUT2D eigenvalue weighted by Crippen LogP contribution is -2.29. The first kappa shape index (κ1) is 10.6. The first-order chi connectivity index (χ1) is 7.25. The first-order valence-corrected chi connectivity index (χ1v) is 5.91. The summed E-state index contributed by atoms with van der Waals surface area (Å²) >= 11 is 0. The van der Waals surface area contributed by atoms with Gasteiger partial charge in [-0.1, -0.05) is 6.92 Å². The van der Waals surface area contributed by atoms with Crippen molar-refractivity contribution >= 4 is 0 Å². The maximum atomic E-state index is 4.04. The number of aromatic nitrogens is 1. The van der Waals surface area contributed by atoms with Crippen molar-refractivity contribution in [1.29, 1.82) is 0 Å². The summed E-state index contributed by atoms with van der Waals surface area (Å²) < 4.78 is 0. The van der Waals surface area contributed by atoms with Crippen LogP contribution in [0.1, 0.15) is 44.7 Å². The Labute approximate surface area is 92.1 Å². The molecule has 1 aliphatic carbocycles. The molecule has 0 aliphatic heterocycles. The molecule has 2 heteroatoms. The van der Waals surface area contributed by atoms with Crippen LogP contribution in [0.2, 0.25) is 0 Å². The predicted molar refractivity (Wildman–Crippen MR) is 62.6 cm³/mol. The Bertz CT molecular complexity index is 297. The quantitative estimate of drug-likeness (QED) is 0.819. The molecule has 1 saturated carbocycles. The van der Waals surface area contributed by atoms with Crippen LogP contribution < -0.4 is 5.32 Å². The zero-order chi connectivity index (χ0) is 10.7. The van der Waals surface area contributed by atoms with E-state index < -0.39 is 0 Å². The summed E-state index contributed by atoms with van der Waals surface area (Å²) in [6, 6.07) is 5.35. The molecule has 0 unspecified atom stereocenters. The molecule has 0 saturated heterocycles. The van der Waals surface area contributed by atoms with Crippen LogP contribution in [-0.4, -0.2) is 11.0 Å². The zero-order valence-corrected chi connectivity index (χ0v) is 9.61. The van der Waals surface area contributed by atoms with E-state index in [1.165, 1.54) is 24.8 Å². The fraction of sp³-hybridized carbons (Fsp3) is 0.615. The van der Waals surface area contributed by atoms with E-state index in [-0.39, 0.29) is 0 Å². The Hall–Kier alpha value is -0.890. The van der Waals surface area contributed by atoms with Crippen molar-refractivity contribution in [3.05, 3.63) is 30.1 Å². The average molecular weight is 204 g/mol. The Morgan fingerprint density at radius 1 is 1.33 bits per heavy atom. The second-order valence-corrected chi connectivity index (χ2v) is 4.78. The summed E-state index contributed by atoms with van der Waals surface area (Å²) in [6.45, 7) is 4.58. The van der Waals surface area contributed by atoms with Crippen molar-refractivity contribution in [1.82, 2.24) is 10.3 Å². The number of hydrogen-bond donors (Lipinski definition) is 1. The molecule has 0 aromatic carbocycles. The summed E-state index contributed by atoms with van der Waals surface area (Å²) in [4.78, 5) is 4.04. The maximum absolute atomic E-state index is 4.04. The normalized spacial score (nSPS) is 27.9. The lowest BCUT2D eigenvalue weighted by atomic mass is 10.1. The largest absolute Gasteiger partial charge is 0.307 e. The highest BCUT2D eigenvalue weighted by Gasteiger charge is 2.22. The van der Waals surface area contributed by atoms with Gasteiger partial charge in [-0.3, -0.25) is 4.98 Å². The third kappa shape index (κ3) is 2.78. The van der Waals surface area contributed by atoms with E-state index in [0.717, 1.165) is 5.92 Å². The lowest BCUT2D eigenvalue weighted by Gasteiger charge is -2.19. The van der Waals surface area contributed by atoms with Crippen molar-refractivity contribution in [2.24, 2.45) is 5.92 Å². The summed E-state index contributed by atoms with van der Waals surface area (Å²) in [7, 11) is 0. The van der Waals surface area contributed by atoms with E-state index >= 15 is 0 Å². The molecule has 1 aliphatic rings. The van der Waals surface area contributed by atoms with E-state index in [2.05, 4.69) is 36.3 Å². The van der Waals surface area contributed by atoms with Crippen molar-refractivity contribution < 1.29 is 0 Å². The first-order valence-electron chi connectivity index (χ1n) is 5.91. The Morgan fingerprint density at radius 2 is 2.07 bits per heavy atom. The van der Waals surface area contributed by atoms with E-state index in [1.54, 1.807) is 0 Å². The number of pyridine rings is 1. The number of hydrogen-bond acceptors (Lipinski definition) is 2. The van der Waals surface area contributed by atoms with Crippen molar-refractivity contribution in [2.45, 2.75) is 45.2 Å². The summed E-state index contributed by atoms with van der Waals surface area (Å²) in [5.41, 5.74) is 1.34. The van der Waals surface area contributed by atoms with Crippen LogP contribution >= 0.6 is 0 Å². The topological polar surface area (TPSA) is 24.9 Å². The van der Waals surface area contributed by atoms with Crippen LogP contribution in [-0.2, 0) is 0 Å². The molecule has 0 amide bonds. The fourth-order valence-electron chi connectivity index (χ4n) is 2.46. The van der Waals surface area contributed by atoms with Crippen molar-refractivity contribution in [3.8, 4) is 0 Å². The van der Waals surface area contributed by atoms with Gasteiger partial charge in [0.15, 0.2) is 0 Å². The minimum absolute atomic E-state index is 0.447. The van der Waals surface area contributed by atoms with Gasteiger partial charge in [-0.05, 0) is 49.8 Å². The fourth-order valence-corrected chi connectivity index (χ4v) is 2.46. The smallest absolute Gasteiger partial charge is 0.0295 e. The van der Waals surface area contributed by atoms with E-state index in [4.69, 9.17) is 0 Å². The van der Waals surface area contributed by atoms with Gasteiger partial charge in [0.2, 0.25) is 0 Å². The minimum Gasteiger partial charge on any atom is -0.307 e. The zero-order valence-electron chi connectivity index (χ0n) is 9.61. The highest BCUT2D eigenvalue weighted by atomic mass is 14.9. The Balaban J connectivity index is 1.90. The lowest BCUT2D eigenvalue weighted by molar-refractivity contribution is 0.449. The maximum Gasteiger partial charge on any atom is 0.0295 e. The van der Waals surface area contributed by atoms with Crippen LogP contribution in [0.5, 0.6) is 0 Å². The molecule has 0 radical (unpaired) electrons. The van der Waals surface area contributed by atoms with Crippen molar-refractivity contribution in [3.63, 3.8) is 0 Å². The molecule has 1 aromatic rings. The molecular weight excluding hydrogens is 184 g/mol. The molecule has 82 valence electrons. The van der Waals surface area contributed by atoms with Crippen molar-refractivity contribution in [2.75, 3.05) is 0 Å². The van der Waals surface area contributed by atoms with Crippen LogP contribution in [0, 0.1) is 5.92 Å². The number of nitrogens with one attached hydrogen (secondary N) is 1. The molecule has 2 nitrogen and oxygen atoms in total. The standard InChI is InChI=1S/C13H20N2/c1-10-3-4-13(9-10)15-11(2)12-5-7-14-8-6-12/h5-8,10-11,13,15H,3-4,9H2,1-2H3/t10-,11-,13-/m1/s1. The van der Waals surface area contributed by atoms with Crippen LogP contribution in [0.3, 0.4) is 0 Å². The van der Waals surface area contributed by atoms with Gasteiger partial charge >= 0.3 is 0 Å². The van der Waals surface area contributed by atoms with E-state index in [9.17, 15) is 0 Å². The Kier molecular flexibility index (Phi) is 3.37. The number of rotatable bonds is 3. The molecule has 2 rings (SSSR count). The summed E-state index contributed by atoms with van der Waals surface area (Å²) in [6.07, 6.45) is 7.77. The van der Waals surface area contributed by atoms with Gasteiger partial charge in [-0.15, -0.1) is 0 Å². The van der Waals surface area contributed by atoms with Crippen LogP contribution in [0.4, 0.5) is 0 Å². The predicted octanol–water partition coefficient (Wildman–Crippen LogP) is 2.92. The third-order valence-electron chi connectivity index (χ3n) is 3.39. The average Bonchev–Trinajstić information content (AvgIpc) is 2.65. The molecule has 0 spiro atoms. The molecule has 1 aromatic heterocycles. The van der Waals surface area contributed by atoms with Gasteiger partial charge in [0.1, 0.15) is 0 Å². The second kappa shape index (κ2) is 4.75. The molecule has 0 bridgehead atoms. The molecule has 3 atom stereocenters. The summed E-state index contributed by atoms with van der Waals surface area (Å²) in [5, 5.41) is 3.70. The van der Waals surface area contributed by atoms with E-state index in [1.807, 2.05) is 12.4 Å². The van der Waals surface area contributed by atoms with Gasteiger partial charge in [-0.2, -0.15) is 0 Å². The number of nitrogens with zero attached hydrogens (tertiary/aromatic N) is 1. The van der Waals surface area contributed by atoms with E-state index in [0.29, 0.717) is 12.1 Å². The van der Waals surface area contributed by atoms with Gasteiger partial charge in [-0.25, -0.2) is 0 Å². The third-order valence-corrected chi connectivity index (χ3v) is 3.39. The molecule has 1 N–H and O–H groups in total. The second-order valence-electron chi connectivity index (χ2n) is 4.78. The molecular formula is C13H20N2. The molecule has 1 fully saturated rings. The highest BCUT2D eigenvalue weighted by Crippen LogP contribution is 2.26. The monoisotopic (exact) mass is 204 g/mol. The van der Waals surface area contributed by atoms with Gasteiger partial charge in [0, 0.05) is 24.5 Å². The van der Waals surface area contributed by atoms with Crippen LogP contribution in [0.25, 0.3) is 0 Å². The SMILES string of the molecule is C[C@@H]1CC[C@@H](N[C@H](C)c2ccncc2)C1. The van der Waals surface area contributed by atoms with Crippen LogP contribution in [0.15, 0.2) is 24.5 Å². The summed E-state index contributed by atoms with van der Waals surface area (Å²) in [5.74, 6) is 0.896. The highest BCUT2D eigenvalue weighted by molar-refractivity contribution is 5.14. The molecule has 15 heavy (non-hydrogen) atoms. The molecule has 1 heterocycles.